The molecule has 3 aromatic carbocycles. The summed E-state index contributed by atoms with van der Waals surface area (Å²) in [6.07, 6.45) is -4.85. The van der Waals surface area contributed by atoms with Gasteiger partial charge in [-0.1, -0.05) is 29.3 Å². The largest absolute Gasteiger partial charge is 0.492 e. The molecule has 0 radical (unpaired) electrons. The van der Waals surface area contributed by atoms with Crippen LogP contribution in [0, 0.1) is 0 Å². The van der Waals surface area contributed by atoms with Crippen molar-refractivity contribution in [1.29, 1.82) is 0 Å². The SMILES string of the molecule is CCOc1ccc(S(=O)(=O)Nc2ccc(Cl)cc2C(F)(F)F)cc1NC(=O)c1cccc(Cl)c1. The first-order valence-corrected chi connectivity index (χ1v) is 11.9. The van der Waals surface area contributed by atoms with Crippen molar-refractivity contribution in [2.45, 2.75) is 18.0 Å². The first kappa shape index (κ1) is 25.7. The van der Waals surface area contributed by atoms with Gasteiger partial charge in [0.05, 0.1) is 28.4 Å². The van der Waals surface area contributed by atoms with Crippen molar-refractivity contribution in [2.24, 2.45) is 0 Å². The molecular weight excluding hydrogens is 516 g/mol. The molecule has 0 fully saturated rings. The lowest BCUT2D eigenvalue weighted by Crippen LogP contribution is -2.18. The second kappa shape index (κ2) is 10.1. The van der Waals surface area contributed by atoms with Crippen molar-refractivity contribution < 1.29 is 31.1 Å². The predicted molar refractivity (Wildman–Crippen MR) is 124 cm³/mol. The maximum absolute atomic E-state index is 13.4. The van der Waals surface area contributed by atoms with Gasteiger partial charge in [-0.3, -0.25) is 9.52 Å². The van der Waals surface area contributed by atoms with Gasteiger partial charge >= 0.3 is 6.18 Å². The number of halogens is 5. The predicted octanol–water partition coefficient (Wildman–Crippen LogP) is 6.46. The highest BCUT2D eigenvalue weighted by molar-refractivity contribution is 7.92. The Hall–Kier alpha value is -2.95. The molecule has 34 heavy (non-hydrogen) atoms. The fourth-order valence-corrected chi connectivity index (χ4v) is 4.39. The Morgan fingerprint density at radius 2 is 1.68 bits per heavy atom. The molecule has 0 spiro atoms. The summed E-state index contributed by atoms with van der Waals surface area (Å²) < 4.78 is 73.3. The molecule has 0 saturated carbocycles. The van der Waals surface area contributed by atoms with E-state index in [0.717, 1.165) is 24.3 Å². The van der Waals surface area contributed by atoms with Crippen LogP contribution in [0.3, 0.4) is 0 Å². The van der Waals surface area contributed by atoms with E-state index < -0.39 is 38.3 Å². The lowest BCUT2D eigenvalue weighted by Gasteiger charge is -2.17. The molecule has 180 valence electrons. The number of rotatable bonds is 7. The normalized spacial score (nSPS) is 11.7. The van der Waals surface area contributed by atoms with Gasteiger partial charge in [0.25, 0.3) is 15.9 Å². The number of carbonyl (C=O) groups is 1. The van der Waals surface area contributed by atoms with Crippen molar-refractivity contribution in [2.75, 3.05) is 16.6 Å². The highest BCUT2D eigenvalue weighted by atomic mass is 35.5. The zero-order valence-corrected chi connectivity index (χ0v) is 19.7. The number of hydrogen-bond acceptors (Lipinski definition) is 4. The zero-order valence-electron chi connectivity index (χ0n) is 17.4. The van der Waals surface area contributed by atoms with Crippen molar-refractivity contribution in [1.82, 2.24) is 0 Å². The van der Waals surface area contributed by atoms with Crippen LogP contribution in [0.5, 0.6) is 5.75 Å². The standard InChI is InChI=1S/C22H17Cl2F3N2O4S/c1-2-33-20-9-7-16(12-19(20)28-21(30)13-4-3-5-14(23)10-13)34(31,32)29-18-8-6-15(24)11-17(18)22(25,26)27/h3-12,29H,2H2,1H3,(H,28,30). The maximum Gasteiger partial charge on any atom is 0.418 e. The summed E-state index contributed by atoms with van der Waals surface area (Å²) in [7, 11) is -4.49. The fraction of sp³-hybridized carbons (Fsp3) is 0.136. The third-order valence-corrected chi connectivity index (χ3v) is 6.26. The molecule has 6 nitrogen and oxygen atoms in total. The van der Waals surface area contributed by atoms with Crippen molar-refractivity contribution in [3.63, 3.8) is 0 Å². The van der Waals surface area contributed by atoms with E-state index in [9.17, 15) is 26.4 Å². The van der Waals surface area contributed by atoms with Crippen molar-refractivity contribution in [3.05, 3.63) is 81.8 Å². The van der Waals surface area contributed by atoms with Gasteiger partial charge in [0, 0.05) is 15.6 Å². The summed E-state index contributed by atoms with van der Waals surface area (Å²) in [4.78, 5) is 12.2. The molecule has 0 aliphatic heterocycles. The van der Waals surface area contributed by atoms with Crippen LogP contribution in [0.15, 0.2) is 65.6 Å². The van der Waals surface area contributed by atoms with Gasteiger partial charge < -0.3 is 10.1 Å². The van der Waals surface area contributed by atoms with Gasteiger partial charge in [-0.15, -0.1) is 0 Å². The average Bonchev–Trinajstić information content (AvgIpc) is 2.75. The molecule has 0 aliphatic carbocycles. The summed E-state index contributed by atoms with van der Waals surface area (Å²) in [5, 5.41) is 2.66. The Kier molecular flexibility index (Phi) is 7.64. The monoisotopic (exact) mass is 532 g/mol. The van der Waals surface area contributed by atoms with E-state index in [2.05, 4.69) is 5.32 Å². The van der Waals surface area contributed by atoms with E-state index in [0.29, 0.717) is 11.1 Å². The lowest BCUT2D eigenvalue weighted by molar-refractivity contribution is -0.136. The first-order valence-electron chi connectivity index (χ1n) is 9.64. The highest BCUT2D eigenvalue weighted by Crippen LogP contribution is 2.38. The summed E-state index contributed by atoms with van der Waals surface area (Å²) in [6.45, 7) is 1.90. The number of benzene rings is 3. The Labute approximate surface area is 203 Å². The van der Waals surface area contributed by atoms with Crippen LogP contribution in [0.2, 0.25) is 10.0 Å². The summed E-state index contributed by atoms with van der Waals surface area (Å²) >= 11 is 11.6. The average molecular weight is 533 g/mol. The number of alkyl halides is 3. The van der Waals surface area contributed by atoms with Crippen LogP contribution < -0.4 is 14.8 Å². The number of sulfonamides is 1. The highest BCUT2D eigenvalue weighted by Gasteiger charge is 2.35. The second-order valence-electron chi connectivity index (χ2n) is 6.85. The number of ether oxygens (including phenoxy) is 1. The van der Waals surface area contributed by atoms with Crippen LogP contribution in [0.1, 0.15) is 22.8 Å². The van der Waals surface area contributed by atoms with E-state index in [1.54, 1.807) is 19.1 Å². The third kappa shape index (κ3) is 6.13. The molecular formula is C22H17Cl2F3N2O4S. The molecule has 0 atom stereocenters. The van der Waals surface area contributed by atoms with Gasteiger partial charge in [-0.2, -0.15) is 13.2 Å². The van der Waals surface area contributed by atoms with Crippen molar-refractivity contribution >= 4 is 50.5 Å². The second-order valence-corrected chi connectivity index (χ2v) is 9.40. The molecule has 0 aliphatic rings. The number of hydrogen-bond donors (Lipinski definition) is 2. The molecule has 0 aromatic heterocycles. The van der Waals surface area contributed by atoms with E-state index >= 15 is 0 Å². The Balaban J connectivity index is 1.98. The molecule has 3 rings (SSSR count). The van der Waals surface area contributed by atoms with E-state index in [4.69, 9.17) is 27.9 Å². The zero-order chi connectivity index (χ0) is 25.1. The molecule has 0 saturated heterocycles. The summed E-state index contributed by atoms with van der Waals surface area (Å²) in [6, 6.07) is 12.2. The molecule has 1 amide bonds. The van der Waals surface area contributed by atoms with E-state index in [1.165, 1.54) is 18.2 Å². The van der Waals surface area contributed by atoms with Gasteiger partial charge in [0.1, 0.15) is 5.75 Å². The quantitative estimate of drug-likeness (QED) is 0.365. The topological polar surface area (TPSA) is 84.5 Å². The van der Waals surface area contributed by atoms with Gasteiger partial charge in [-0.25, -0.2) is 8.42 Å². The maximum atomic E-state index is 13.4. The first-order chi connectivity index (χ1) is 15.9. The molecule has 3 aromatic rings. The molecule has 2 N–H and O–H groups in total. The number of nitrogens with one attached hydrogen (secondary N) is 2. The molecule has 0 unspecified atom stereocenters. The van der Waals surface area contributed by atoms with Crippen LogP contribution in [-0.2, 0) is 16.2 Å². The summed E-state index contributed by atoms with van der Waals surface area (Å²) in [5.41, 5.74) is -1.74. The molecule has 0 bridgehead atoms. The lowest BCUT2D eigenvalue weighted by atomic mass is 10.2. The van der Waals surface area contributed by atoms with E-state index in [-0.39, 0.29) is 28.6 Å². The number of carbonyl (C=O) groups excluding carboxylic acids is 1. The fourth-order valence-electron chi connectivity index (χ4n) is 2.92. The van der Waals surface area contributed by atoms with Crippen molar-refractivity contribution in [3.8, 4) is 5.75 Å². The Morgan fingerprint density at radius 3 is 2.32 bits per heavy atom. The molecule has 0 heterocycles. The minimum atomic E-state index is -4.85. The Morgan fingerprint density at radius 1 is 0.971 bits per heavy atom. The van der Waals surface area contributed by atoms with Gasteiger partial charge in [0.15, 0.2) is 0 Å². The number of amides is 1. The minimum Gasteiger partial charge on any atom is -0.492 e. The van der Waals surface area contributed by atoms with Gasteiger partial charge in [-0.05, 0) is 61.5 Å². The number of anilines is 2. The molecule has 12 heteroatoms. The third-order valence-electron chi connectivity index (χ3n) is 4.43. The summed E-state index contributed by atoms with van der Waals surface area (Å²) in [5.74, 6) is -0.428. The van der Waals surface area contributed by atoms with Crippen LogP contribution in [-0.4, -0.2) is 20.9 Å². The van der Waals surface area contributed by atoms with Gasteiger partial charge in [0.2, 0.25) is 0 Å². The minimum absolute atomic E-state index is 0.00171. The Bertz CT molecular complexity index is 1330. The van der Waals surface area contributed by atoms with Crippen LogP contribution in [0.4, 0.5) is 24.5 Å². The smallest absolute Gasteiger partial charge is 0.418 e. The van der Waals surface area contributed by atoms with Crippen LogP contribution >= 0.6 is 23.2 Å². The van der Waals surface area contributed by atoms with E-state index in [1.807, 2.05) is 4.72 Å². The van der Waals surface area contributed by atoms with Crippen LogP contribution in [0.25, 0.3) is 0 Å².